The highest BCUT2D eigenvalue weighted by atomic mass is 15.0. The zero-order valence-electron chi connectivity index (χ0n) is 8.93. The quantitative estimate of drug-likeness (QED) is 0.805. The molecule has 0 unspecified atom stereocenters. The lowest BCUT2D eigenvalue weighted by atomic mass is 10.3. The van der Waals surface area contributed by atoms with Crippen molar-refractivity contribution in [3.63, 3.8) is 0 Å². The van der Waals surface area contributed by atoms with Gasteiger partial charge in [0.2, 0.25) is 0 Å². The molecule has 0 radical (unpaired) electrons. The third kappa shape index (κ3) is 2.27. The third-order valence-corrected chi connectivity index (χ3v) is 2.56. The van der Waals surface area contributed by atoms with Crippen molar-refractivity contribution in [2.45, 2.75) is 19.5 Å². The van der Waals surface area contributed by atoms with Crippen molar-refractivity contribution in [3.8, 4) is 0 Å². The van der Waals surface area contributed by atoms with Crippen molar-refractivity contribution in [1.82, 2.24) is 14.1 Å². The Balaban J connectivity index is 1.96. The fourth-order valence-corrected chi connectivity index (χ4v) is 1.62. The van der Waals surface area contributed by atoms with Gasteiger partial charge in [-0.05, 0) is 11.6 Å². The number of nitrogens with zero attached hydrogens (tertiary/aromatic N) is 3. The Morgan fingerprint density at radius 2 is 2.27 bits per heavy atom. The van der Waals surface area contributed by atoms with Gasteiger partial charge in [0, 0.05) is 51.3 Å². The Morgan fingerprint density at radius 3 is 2.87 bits per heavy atom. The summed E-state index contributed by atoms with van der Waals surface area (Å²) in [5.41, 5.74) is 6.72. The largest absolute Gasteiger partial charge is 0.353 e. The maximum Gasteiger partial charge on any atom is 0.110 e. The summed E-state index contributed by atoms with van der Waals surface area (Å²) in [6.07, 6.45) is 8.89. The van der Waals surface area contributed by atoms with Gasteiger partial charge in [-0.1, -0.05) is 0 Å². The molecule has 2 rings (SSSR count). The minimum atomic E-state index is 0.607. The molecule has 2 aromatic heterocycles. The molecular formula is C11H16N4. The van der Waals surface area contributed by atoms with Gasteiger partial charge in [0.25, 0.3) is 0 Å². The van der Waals surface area contributed by atoms with Crippen LogP contribution in [0, 0.1) is 0 Å². The second-order valence-electron chi connectivity index (χ2n) is 3.67. The van der Waals surface area contributed by atoms with Gasteiger partial charge in [0.1, 0.15) is 5.82 Å². The first kappa shape index (κ1) is 9.98. The first-order valence-corrected chi connectivity index (χ1v) is 5.10. The summed E-state index contributed by atoms with van der Waals surface area (Å²) in [7, 11) is 2.02. The van der Waals surface area contributed by atoms with Crippen LogP contribution in [0.15, 0.2) is 30.9 Å². The molecule has 80 valence electrons. The van der Waals surface area contributed by atoms with Gasteiger partial charge >= 0.3 is 0 Å². The Kier molecular flexibility index (Phi) is 2.87. The van der Waals surface area contributed by atoms with Gasteiger partial charge < -0.3 is 14.9 Å². The molecule has 0 atom stereocenters. The summed E-state index contributed by atoms with van der Waals surface area (Å²) in [5, 5.41) is 0. The fraction of sp³-hybridized carbons (Fsp3) is 0.364. The lowest BCUT2D eigenvalue weighted by Gasteiger charge is -2.03. The van der Waals surface area contributed by atoms with Crippen LogP contribution in [-0.4, -0.2) is 14.1 Å². The van der Waals surface area contributed by atoms with Gasteiger partial charge in [0.15, 0.2) is 0 Å². The fourth-order valence-electron chi connectivity index (χ4n) is 1.62. The molecule has 0 aliphatic carbocycles. The van der Waals surface area contributed by atoms with Gasteiger partial charge in [-0.15, -0.1) is 0 Å². The van der Waals surface area contributed by atoms with Gasteiger partial charge in [-0.2, -0.15) is 0 Å². The number of aryl methyl sites for hydroxylation is 3. The van der Waals surface area contributed by atoms with Crippen LogP contribution in [0.4, 0.5) is 0 Å². The number of rotatable bonds is 4. The maximum absolute atomic E-state index is 5.55. The molecule has 4 nitrogen and oxygen atoms in total. The Labute approximate surface area is 89.3 Å². The first-order chi connectivity index (χ1) is 7.29. The molecule has 0 amide bonds. The molecule has 0 bridgehead atoms. The van der Waals surface area contributed by atoms with E-state index < -0.39 is 0 Å². The summed E-state index contributed by atoms with van der Waals surface area (Å²) in [4.78, 5) is 4.28. The first-order valence-electron chi connectivity index (χ1n) is 5.10. The van der Waals surface area contributed by atoms with Crippen LogP contribution in [0.5, 0.6) is 0 Å². The van der Waals surface area contributed by atoms with Gasteiger partial charge in [-0.25, -0.2) is 4.98 Å². The zero-order chi connectivity index (χ0) is 10.7. The van der Waals surface area contributed by atoms with Crippen molar-refractivity contribution in [3.05, 3.63) is 42.2 Å². The molecule has 0 fully saturated rings. The van der Waals surface area contributed by atoms with Crippen molar-refractivity contribution >= 4 is 0 Å². The highest BCUT2D eigenvalue weighted by Gasteiger charge is 2.00. The Morgan fingerprint density at radius 1 is 1.40 bits per heavy atom. The number of aromatic nitrogens is 3. The third-order valence-electron chi connectivity index (χ3n) is 2.56. The number of nitrogens with two attached hydrogens (primary N) is 1. The second kappa shape index (κ2) is 4.31. The Bertz CT molecular complexity index is 427. The molecule has 0 spiro atoms. The molecule has 0 saturated carbocycles. The van der Waals surface area contributed by atoms with Crippen LogP contribution in [0.1, 0.15) is 11.4 Å². The monoisotopic (exact) mass is 204 g/mol. The van der Waals surface area contributed by atoms with E-state index in [1.54, 1.807) is 0 Å². The average molecular weight is 204 g/mol. The maximum atomic E-state index is 5.55. The van der Waals surface area contributed by atoms with Crippen LogP contribution in [0.3, 0.4) is 0 Å². The van der Waals surface area contributed by atoms with Crippen molar-refractivity contribution in [2.24, 2.45) is 12.8 Å². The average Bonchev–Trinajstić information content (AvgIpc) is 2.84. The molecule has 0 aliphatic heterocycles. The lowest BCUT2D eigenvalue weighted by molar-refractivity contribution is 0.652. The lowest BCUT2D eigenvalue weighted by Crippen LogP contribution is -2.04. The van der Waals surface area contributed by atoms with Crippen LogP contribution in [0.25, 0.3) is 0 Å². The summed E-state index contributed by atoms with van der Waals surface area (Å²) < 4.78 is 4.20. The smallest absolute Gasteiger partial charge is 0.110 e. The molecule has 0 aromatic carbocycles. The highest BCUT2D eigenvalue weighted by Crippen LogP contribution is 2.03. The van der Waals surface area contributed by atoms with E-state index in [0.29, 0.717) is 6.54 Å². The summed E-state index contributed by atoms with van der Waals surface area (Å²) in [6, 6.07) is 2.05. The summed E-state index contributed by atoms with van der Waals surface area (Å²) >= 11 is 0. The SMILES string of the molecule is Cn1ccnc1CCn1ccc(CN)c1. The minimum absolute atomic E-state index is 0.607. The summed E-state index contributed by atoms with van der Waals surface area (Å²) in [5.74, 6) is 1.11. The number of hydrogen-bond donors (Lipinski definition) is 1. The minimum Gasteiger partial charge on any atom is -0.353 e. The van der Waals surface area contributed by atoms with E-state index in [2.05, 4.69) is 28.0 Å². The van der Waals surface area contributed by atoms with Crippen LogP contribution in [-0.2, 0) is 26.6 Å². The van der Waals surface area contributed by atoms with Crippen LogP contribution in [0.2, 0.25) is 0 Å². The Hall–Kier alpha value is -1.55. The van der Waals surface area contributed by atoms with Gasteiger partial charge in [0.05, 0.1) is 0 Å². The predicted molar refractivity (Wildman–Crippen MR) is 59.2 cm³/mol. The molecule has 2 N–H and O–H groups in total. The van der Waals surface area contributed by atoms with Crippen LogP contribution < -0.4 is 5.73 Å². The second-order valence-corrected chi connectivity index (χ2v) is 3.67. The van der Waals surface area contributed by atoms with E-state index in [1.165, 1.54) is 5.56 Å². The van der Waals surface area contributed by atoms with E-state index in [1.807, 2.05) is 24.0 Å². The van der Waals surface area contributed by atoms with Gasteiger partial charge in [-0.3, -0.25) is 0 Å². The van der Waals surface area contributed by atoms with E-state index in [9.17, 15) is 0 Å². The van der Waals surface area contributed by atoms with E-state index in [4.69, 9.17) is 5.73 Å². The molecule has 2 aromatic rings. The molecular weight excluding hydrogens is 188 g/mol. The molecule has 4 heteroatoms. The summed E-state index contributed by atoms with van der Waals surface area (Å²) in [6.45, 7) is 1.56. The molecule has 0 saturated heterocycles. The molecule has 0 aliphatic rings. The van der Waals surface area contributed by atoms with Crippen molar-refractivity contribution in [2.75, 3.05) is 0 Å². The standard InChI is InChI=1S/C11H16N4/c1-14-7-4-13-11(14)3-6-15-5-2-10(8-12)9-15/h2,4-5,7,9H,3,6,8,12H2,1H3. The number of hydrogen-bond acceptors (Lipinski definition) is 2. The number of imidazole rings is 1. The molecule has 15 heavy (non-hydrogen) atoms. The van der Waals surface area contributed by atoms with E-state index in [0.717, 1.165) is 18.8 Å². The zero-order valence-corrected chi connectivity index (χ0v) is 8.93. The topological polar surface area (TPSA) is 48.8 Å². The highest BCUT2D eigenvalue weighted by molar-refractivity contribution is 5.09. The van der Waals surface area contributed by atoms with E-state index in [-0.39, 0.29) is 0 Å². The molecule has 2 heterocycles. The van der Waals surface area contributed by atoms with E-state index >= 15 is 0 Å². The van der Waals surface area contributed by atoms with Crippen molar-refractivity contribution in [1.29, 1.82) is 0 Å². The predicted octanol–water partition coefficient (Wildman–Crippen LogP) is 0.923. The van der Waals surface area contributed by atoms with Crippen molar-refractivity contribution < 1.29 is 0 Å². The van der Waals surface area contributed by atoms with Crippen LogP contribution >= 0.6 is 0 Å². The normalized spacial score (nSPS) is 10.8.